The van der Waals surface area contributed by atoms with Gasteiger partial charge in [-0.2, -0.15) is 0 Å². The topological polar surface area (TPSA) is 61.0 Å². The van der Waals surface area contributed by atoms with Crippen molar-refractivity contribution in [3.63, 3.8) is 0 Å². The molecule has 0 bridgehead atoms. The lowest BCUT2D eigenvalue weighted by Gasteiger charge is -2.39. The van der Waals surface area contributed by atoms with E-state index in [0.29, 0.717) is 5.92 Å². The van der Waals surface area contributed by atoms with E-state index in [1.807, 2.05) is 0 Å². The van der Waals surface area contributed by atoms with E-state index in [1.54, 1.807) is 6.07 Å². The van der Waals surface area contributed by atoms with E-state index >= 15 is 0 Å². The third-order valence-electron chi connectivity index (χ3n) is 3.61. The van der Waals surface area contributed by atoms with Crippen LogP contribution in [0.4, 0.5) is 5.82 Å². The Morgan fingerprint density at radius 2 is 2.22 bits per heavy atom. The van der Waals surface area contributed by atoms with E-state index in [2.05, 4.69) is 34.0 Å². The molecule has 5 heteroatoms. The molecule has 0 atom stereocenters. The molecule has 0 amide bonds. The lowest BCUT2D eigenvalue weighted by molar-refractivity contribution is 0.351. The molecule has 2 heterocycles. The molecule has 1 aliphatic carbocycles. The fourth-order valence-corrected chi connectivity index (χ4v) is 2.51. The predicted octanol–water partition coefficient (Wildman–Crippen LogP) is 0.835. The summed E-state index contributed by atoms with van der Waals surface area (Å²) < 4.78 is 0. The first-order valence-electron chi connectivity index (χ1n) is 6.65. The average Bonchev–Trinajstić information content (AvgIpc) is 3.10. The molecule has 0 radical (unpaired) electrons. The van der Waals surface area contributed by atoms with Gasteiger partial charge in [0.05, 0.1) is 0 Å². The smallest absolute Gasteiger partial charge is 0.252 e. The van der Waals surface area contributed by atoms with Crippen LogP contribution in [0.3, 0.4) is 0 Å². The molecule has 98 valence electrons. The van der Waals surface area contributed by atoms with Gasteiger partial charge in [-0.15, -0.1) is 0 Å². The average molecular weight is 248 g/mol. The quantitative estimate of drug-likeness (QED) is 0.814. The van der Waals surface area contributed by atoms with Crippen molar-refractivity contribution in [2.24, 2.45) is 0 Å². The SMILES string of the molecule is CC1(C)CN(c2cc(=O)[nH]c(C3CC3)n2)CCN1. The summed E-state index contributed by atoms with van der Waals surface area (Å²) in [5, 5.41) is 3.47. The maximum absolute atomic E-state index is 11.7. The van der Waals surface area contributed by atoms with Crippen LogP contribution >= 0.6 is 0 Å². The van der Waals surface area contributed by atoms with Crippen LogP contribution in [0.25, 0.3) is 0 Å². The first-order valence-corrected chi connectivity index (χ1v) is 6.65. The predicted molar refractivity (Wildman–Crippen MR) is 71.1 cm³/mol. The van der Waals surface area contributed by atoms with Gasteiger partial charge in [0.25, 0.3) is 5.56 Å². The summed E-state index contributed by atoms with van der Waals surface area (Å²) in [5.74, 6) is 2.18. The fraction of sp³-hybridized carbons (Fsp3) is 0.692. The zero-order valence-corrected chi connectivity index (χ0v) is 11.0. The molecule has 1 aliphatic heterocycles. The van der Waals surface area contributed by atoms with Crippen molar-refractivity contribution in [1.82, 2.24) is 15.3 Å². The molecule has 1 aromatic rings. The Labute approximate surface area is 107 Å². The summed E-state index contributed by atoms with van der Waals surface area (Å²) in [6.07, 6.45) is 2.30. The summed E-state index contributed by atoms with van der Waals surface area (Å²) in [5.41, 5.74) is 0.0423. The number of nitrogens with zero attached hydrogens (tertiary/aromatic N) is 2. The summed E-state index contributed by atoms with van der Waals surface area (Å²) in [7, 11) is 0. The van der Waals surface area contributed by atoms with Gasteiger partial charge in [0, 0.05) is 37.2 Å². The number of nitrogens with one attached hydrogen (secondary N) is 2. The number of H-pyrrole nitrogens is 1. The molecule has 2 fully saturated rings. The Kier molecular flexibility index (Phi) is 2.66. The van der Waals surface area contributed by atoms with Gasteiger partial charge in [0.1, 0.15) is 11.6 Å². The number of hydrogen-bond acceptors (Lipinski definition) is 4. The normalized spacial score (nSPS) is 23.1. The number of aromatic nitrogens is 2. The Morgan fingerprint density at radius 1 is 1.44 bits per heavy atom. The van der Waals surface area contributed by atoms with Crippen molar-refractivity contribution in [3.8, 4) is 0 Å². The van der Waals surface area contributed by atoms with E-state index in [-0.39, 0.29) is 11.1 Å². The third kappa shape index (κ3) is 2.41. The van der Waals surface area contributed by atoms with Crippen molar-refractivity contribution in [3.05, 3.63) is 22.2 Å². The van der Waals surface area contributed by atoms with E-state index < -0.39 is 0 Å². The van der Waals surface area contributed by atoms with E-state index in [9.17, 15) is 4.79 Å². The molecule has 2 N–H and O–H groups in total. The van der Waals surface area contributed by atoms with Gasteiger partial charge in [-0.3, -0.25) is 4.79 Å². The maximum Gasteiger partial charge on any atom is 0.252 e. The fourth-order valence-electron chi connectivity index (χ4n) is 2.51. The van der Waals surface area contributed by atoms with Crippen molar-refractivity contribution >= 4 is 5.82 Å². The minimum absolute atomic E-state index is 0.0294. The summed E-state index contributed by atoms with van der Waals surface area (Å²) >= 11 is 0. The van der Waals surface area contributed by atoms with Crippen molar-refractivity contribution in [1.29, 1.82) is 0 Å². The minimum Gasteiger partial charge on any atom is -0.353 e. The van der Waals surface area contributed by atoms with Crippen molar-refractivity contribution in [2.75, 3.05) is 24.5 Å². The van der Waals surface area contributed by atoms with Crippen LogP contribution in [0.15, 0.2) is 10.9 Å². The van der Waals surface area contributed by atoms with Crippen LogP contribution in [-0.4, -0.2) is 35.1 Å². The first kappa shape index (κ1) is 11.7. The monoisotopic (exact) mass is 248 g/mol. The van der Waals surface area contributed by atoms with Crippen LogP contribution in [-0.2, 0) is 0 Å². The Bertz CT molecular complexity index is 504. The van der Waals surface area contributed by atoms with Crippen molar-refractivity contribution < 1.29 is 0 Å². The standard InChI is InChI=1S/C13H20N4O/c1-13(2)8-17(6-5-14-13)10-7-11(18)16-12(15-10)9-3-4-9/h7,9,14H,3-6,8H2,1-2H3,(H,15,16,18). The minimum atomic E-state index is -0.0294. The number of anilines is 1. The second-order valence-electron chi connectivity index (χ2n) is 6.00. The molecule has 0 spiro atoms. The number of piperazine rings is 1. The molecule has 0 unspecified atom stereocenters. The number of aromatic amines is 1. The van der Waals surface area contributed by atoms with Crippen LogP contribution < -0.4 is 15.8 Å². The molecule has 1 saturated carbocycles. The van der Waals surface area contributed by atoms with Gasteiger partial charge in [0.2, 0.25) is 0 Å². The summed E-state index contributed by atoms with van der Waals surface area (Å²) in [6.45, 7) is 7.07. The van der Waals surface area contributed by atoms with Gasteiger partial charge in [-0.25, -0.2) is 4.98 Å². The van der Waals surface area contributed by atoms with Gasteiger partial charge in [0.15, 0.2) is 0 Å². The lowest BCUT2D eigenvalue weighted by atomic mass is 10.0. The Balaban J connectivity index is 1.89. The van der Waals surface area contributed by atoms with Gasteiger partial charge >= 0.3 is 0 Å². The van der Waals surface area contributed by atoms with Gasteiger partial charge in [-0.05, 0) is 26.7 Å². The van der Waals surface area contributed by atoms with E-state index in [0.717, 1.165) is 44.1 Å². The molecule has 5 nitrogen and oxygen atoms in total. The summed E-state index contributed by atoms with van der Waals surface area (Å²) in [6, 6.07) is 1.62. The molecule has 1 aromatic heterocycles. The molecule has 18 heavy (non-hydrogen) atoms. The molecule has 0 aromatic carbocycles. The highest BCUT2D eigenvalue weighted by Crippen LogP contribution is 2.38. The summed E-state index contributed by atoms with van der Waals surface area (Å²) in [4.78, 5) is 21.4. The first-order chi connectivity index (χ1) is 8.53. The highest BCUT2D eigenvalue weighted by Gasteiger charge is 2.29. The zero-order valence-electron chi connectivity index (χ0n) is 11.0. The highest BCUT2D eigenvalue weighted by atomic mass is 16.1. The van der Waals surface area contributed by atoms with Crippen LogP contribution in [0, 0.1) is 0 Å². The Hall–Kier alpha value is -1.36. The molecule has 1 saturated heterocycles. The highest BCUT2D eigenvalue weighted by molar-refractivity contribution is 5.39. The zero-order chi connectivity index (χ0) is 12.8. The van der Waals surface area contributed by atoms with Gasteiger partial charge in [-0.1, -0.05) is 0 Å². The van der Waals surface area contributed by atoms with Gasteiger partial charge < -0.3 is 15.2 Å². The molecular weight excluding hydrogens is 228 g/mol. The largest absolute Gasteiger partial charge is 0.353 e. The second-order valence-corrected chi connectivity index (χ2v) is 6.00. The second kappa shape index (κ2) is 4.09. The van der Waals surface area contributed by atoms with Crippen molar-refractivity contribution in [2.45, 2.75) is 38.1 Å². The Morgan fingerprint density at radius 3 is 2.89 bits per heavy atom. The van der Waals surface area contributed by atoms with E-state index in [1.165, 1.54) is 0 Å². The van der Waals surface area contributed by atoms with Crippen LogP contribution in [0.2, 0.25) is 0 Å². The molecule has 3 rings (SSSR count). The number of hydrogen-bond donors (Lipinski definition) is 2. The molecule has 2 aliphatic rings. The third-order valence-corrected chi connectivity index (χ3v) is 3.61. The van der Waals surface area contributed by atoms with Crippen LogP contribution in [0.1, 0.15) is 38.4 Å². The molecular formula is C13H20N4O. The maximum atomic E-state index is 11.7. The number of rotatable bonds is 2. The van der Waals surface area contributed by atoms with E-state index in [4.69, 9.17) is 0 Å². The lowest BCUT2D eigenvalue weighted by Crippen LogP contribution is -2.57. The van der Waals surface area contributed by atoms with Crippen LogP contribution in [0.5, 0.6) is 0 Å².